The van der Waals surface area contributed by atoms with Gasteiger partial charge in [0, 0.05) is 5.69 Å². The smallest absolute Gasteiger partial charge is 0.102 e. The van der Waals surface area contributed by atoms with E-state index in [-0.39, 0.29) is 0 Å². The fourth-order valence-electron chi connectivity index (χ4n) is 1.09. The molecule has 0 aliphatic heterocycles. The maximum absolute atomic E-state index is 8.46. The summed E-state index contributed by atoms with van der Waals surface area (Å²) in [6, 6.07) is 7.98. The van der Waals surface area contributed by atoms with Gasteiger partial charge in [0.15, 0.2) is 0 Å². The van der Waals surface area contributed by atoms with E-state index in [1.165, 1.54) is 0 Å². The fourth-order valence-corrected chi connectivity index (χ4v) is 1.77. The van der Waals surface area contributed by atoms with E-state index < -0.39 is 0 Å². The summed E-state index contributed by atoms with van der Waals surface area (Å²) in [6.45, 7) is 0. The molecular weight excluding hydrogens is 182 g/mol. The molecule has 0 aromatic carbocycles. The van der Waals surface area contributed by atoms with Crippen LogP contribution in [-0.2, 0) is 6.42 Å². The van der Waals surface area contributed by atoms with Gasteiger partial charge in [0.25, 0.3) is 0 Å². The van der Waals surface area contributed by atoms with Gasteiger partial charge in [0.2, 0.25) is 0 Å². The zero-order valence-corrected chi connectivity index (χ0v) is 7.64. The Hall–Kier alpha value is -1.60. The summed E-state index contributed by atoms with van der Waals surface area (Å²) in [5.74, 6) is 0. The third-order valence-electron chi connectivity index (χ3n) is 1.67. The molecule has 0 spiro atoms. The van der Waals surface area contributed by atoms with Gasteiger partial charge >= 0.3 is 0 Å². The number of H-pyrrole nitrogens is 1. The van der Waals surface area contributed by atoms with Crippen LogP contribution in [0.1, 0.15) is 5.69 Å². The van der Waals surface area contributed by atoms with Crippen LogP contribution < -0.4 is 0 Å². The average Bonchev–Trinajstić information content (AvgIpc) is 2.70. The summed E-state index contributed by atoms with van der Waals surface area (Å²) in [6.07, 6.45) is 0.387. The second-order valence-corrected chi connectivity index (χ2v) is 3.54. The van der Waals surface area contributed by atoms with Crippen LogP contribution >= 0.6 is 11.3 Å². The molecule has 0 aliphatic carbocycles. The number of nitriles is 1. The Morgan fingerprint density at radius 3 is 3.23 bits per heavy atom. The van der Waals surface area contributed by atoms with Crippen LogP contribution in [0.3, 0.4) is 0 Å². The van der Waals surface area contributed by atoms with Gasteiger partial charge in [-0.3, -0.25) is 5.10 Å². The van der Waals surface area contributed by atoms with Gasteiger partial charge in [-0.2, -0.15) is 10.4 Å². The fraction of sp³-hybridized carbons (Fsp3) is 0.111. The normalized spacial score (nSPS) is 9.77. The van der Waals surface area contributed by atoms with Crippen LogP contribution in [0.4, 0.5) is 0 Å². The molecule has 2 rings (SSSR count). The van der Waals surface area contributed by atoms with Crippen LogP contribution in [0.5, 0.6) is 0 Å². The Labute approximate surface area is 79.6 Å². The highest BCUT2D eigenvalue weighted by molar-refractivity contribution is 7.13. The molecule has 1 N–H and O–H groups in total. The minimum atomic E-state index is 0.387. The predicted molar refractivity (Wildman–Crippen MR) is 51.2 cm³/mol. The van der Waals surface area contributed by atoms with Crippen molar-refractivity contribution in [2.24, 2.45) is 0 Å². The Morgan fingerprint density at radius 2 is 2.54 bits per heavy atom. The molecular formula is C9H7N3S. The first-order valence-corrected chi connectivity index (χ1v) is 4.73. The second-order valence-electron chi connectivity index (χ2n) is 2.59. The quantitative estimate of drug-likeness (QED) is 0.787. The zero-order chi connectivity index (χ0) is 9.10. The van der Waals surface area contributed by atoms with E-state index in [2.05, 4.69) is 16.3 Å². The van der Waals surface area contributed by atoms with Crippen LogP contribution in [0.2, 0.25) is 0 Å². The summed E-state index contributed by atoms with van der Waals surface area (Å²) >= 11 is 1.64. The zero-order valence-electron chi connectivity index (χ0n) is 6.82. The Balaban J connectivity index is 2.29. The highest BCUT2D eigenvalue weighted by Gasteiger charge is 2.03. The van der Waals surface area contributed by atoms with Gasteiger partial charge in [-0.05, 0) is 17.5 Å². The molecule has 2 aromatic heterocycles. The molecule has 0 amide bonds. The molecule has 0 aliphatic rings. The molecule has 64 valence electrons. The predicted octanol–water partition coefficient (Wildman–Crippen LogP) is 2.20. The molecule has 4 heteroatoms. The van der Waals surface area contributed by atoms with E-state index in [0.29, 0.717) is 6.42 Å². The molecule has 2 aromatic rings. The number of aromatic amines is 1. The lowest BCUT2D eigenvalue weighted by Crippen LogP contribution is -1.78. The maximum Gasteiger partial charge on any atom is 0.102 e. The van der Waals surface area contributed by atoms with Crippen molar-refractivity contribution in [3.05, 3.63) is 29.3 Å². The lowest BCUT2D eigenvalue weighted by molar-refractivity contribution is 1.02. The standard InChI is InChI=1S/C9H7N3S/c10-4-3-7-6-8(12-11-7)9-2-1-5-13-9/h1-2,5-6H,3H2,(H,11,12). The lowest BCUT2D eigenvalue weighted by atomic mass is 10.3. The minimum Gasteiger partial charge on any atom is -0.281 e. The lowest BCUT2D eigenvalue weighted by Gasteiger charge is -1.84. The Bertz CT molecular complexity index is 422. The van der Waals surface area contributed by atoms with Crippen LogP contribution in [0.15, 0.2) is 23.6 Å². The van der Waals surface area contributed by atoms with E-state index in [9.17, 15) is 0 Å². The number of hydrogen-bond acceptors (Lipinski definition) is 3. The molecule has 13 heavy (non-hydrogen) atoms. The summed E-state index contributed by atoms with van der Waals surface area (Å²) in [4.78, 5) is 1.13. The maximum atomic E-state index is 8.46. The largest absolute Gasteiger partial charge is 0.281 e. The van der Waals surface area contributed by atoms with Crippen molar-refractivity contribution < 1.29 is 0 Å². The van der Waals surface area contributed by atoms with Gasteiger partial charge in [0.1, 0.15) is 5.69 Å². The van der Waals surface area contributed by atoms with E-state index in [1.807, 2.05) is 23.6 Å². The topological polar surface area (TPSA) is 52.5 Å². The number of nitrogens with zero attached hydrogens (tertiary/aromatic N) is 2. The molecule has 0 radical (unpaired) electrons. The van der Waals surface area contributed by atoms with Crippen molar-refractivity contribution in [3.63, 3.8) is 0 Å². The SMILES string of the molecule is N#CCc1cc(-c2cccs2)n[nH]1. The Morgan fingerprint density at radius 1 is 1.62 bits per heavy atom. The van der Waals surface area contributed by atoms with Crippen molar-refractivity contribution in [3.8, 4) is 16.6 Å². The highest BCUT2D eigenvalue weighted by Crippen LogP contribution is 2.22. The summed E-state index contributed by atoms with van der Waals surface area (Å²) in [7, 11) is 0. The van der Waals surface area contributed by atoms with Gasteiger partial charge in [-0.1, -0.05) is 6.07 Å². The van der Waals surface area contributed by atoms with Gasteiger partial charge < -0.3 is 0 Å². The number of nitrogens with one attached hydrogen (secondary N) is 1. The molecule has 3 nitrogen and oxygen atoms in total. The van der Waals surface area contributed by atoms with E-state index in [1.54, 1.807) is 11.3 Å². The third kappa shape index (κ3) is 1.60. The number of hydrogen-bond donors (Lipinski definition) is 1. The minimum absolute atomic E-state index is 0.387. The third-order valence-corrected chi connectivity index (χ3v) is 2.57. The van der Waals surface area contributed by atoms with Gasteiger partial charge in [-0.15, -0.1) is 11.3 Å². The van der Waals surface area contributed by atoms with Crippen molar-refractivity contribution in [1.29, 1.82) is 5.26 Å². The van der Waals surface area contributed by atoms with Gasteiger partial charge in [0.05, 0.1) is 17.4 Å². The molecule has 0 bridgehead atoms. The van der Waals surface area contributed by atoms with E-state index in [4.69, 9.17) is 5.26 Å². The van der Waals surface area contributed by atoms with Crippen molar-refractivity contribution >= 4 is 11.3 Å². The van der Waals surface area contributed by atoms with E-state index in [0.717, 1.165) is 16.3 Å². The molecule has 0 atom stereocenters. The summed E-state index contributed by atoms with van der Waals surface area (Å²) in [5.41, 5.74) is 1.78. The monoisotopic (exact) mass is 189 g/mol. The van der Waals surface area contributed by atoms with Crippen molar-refractivity contribution in [2.45, 2.75) is 6.42 Å². The Kier molecular flexibility index (Phi) is 2.11. The van der Waals surface area contributed by atoms with Crippen molar-refractivity contribution in [2.75, 3.05) is 0 Å². The van der Waals surface area contributed by atoms with Crippen LogP contribution in [-0.4, -0.2) is 10.2 Å². The second kappa shape index (κ2) is 3.42. The highest BCUT2D eigenvalue weighted by atomic mass is 32.1. The molecule has 2 heterocycles. The number of aromatic nitrogens is 2. The van der Waals surface area contributed by atoms with Gasteiger partial charge in [-0.25, -0.2) is 0 Å². The molecule has 0 saturated heterocycles. The number of rotatable bonds is 2. The summed E-state index contributed by atoms with van der Waals surface area (Å²) < 4.78 is 0. The first kappa shape index (κ1) is 8.02. The molecule has 0 saturated carbocycles. The summed E-state index contributed by atoms with van der Waals surface area (Å²) in [5, 5.41) is 17.4. The first-order chi connectivity index (χ1) is 6.40. The average molecular weight is 189 g/mol. The number of thiophene rings is 1. The van der Waals surface area contributed by atoms with Crippen LogP contribution in [0, 0.1) is 11.3 Å². The first-order valence-electron chi connectivity index (χ1n) is 3.85. The molecule has 0 fully saturated rings. The molecule has 0 unspecified atom stereocenters. The van der Waals surface area contributed by atoms with Crippen molar-refractivity contribution in [1.82, 2.24) is 10.2 Å². The van der Waals surface area contributed by atoms with Crippen LogP contribution in [0.25, 0.3) is 10.6 Å². The van der Waals surface area contributed by atoms with E-state index >= 15 is 0 Å².